The number of ether oxygens (including phenoxy) is 1. The molecule has 2 fully saturated rings. The zero-order chi connectivity index (χ0) is 25.2. The molecular formula is C23H25ClF3N3O4S. The van der Waals surface area contributed by atoms with Crippen molar-refractivity contribution in [2.45, 2.75) is 23.9 Å². The number of halogens is 4. The van der Waals surface area contributed by atoms with Gasteiger partial charge in [-0.1, -0.05) is 17.7 Å². The van der Waals surface area contributed by atoms with Crippen LogP contribution in [0.4, 0.5) is 18.9 Å². The van der Waals surface area contributed by atoms with Gasteiger partial charge in [-0.05, 0) is 49.2 Å². The van der Waals surface area contributed by atoms with Gasteiger partial charge >= 0.3 is 6.18 Å². The maximum Gasteiger partial charge on any atom is 0.416 e. The number of piperazine rings is 1. The molecule has 2 aromatic rings. The Labute approximate surface area is 207 Å². The molecule has 35 heavy (non-hydrogen) atoms. The standard InChI is InChI=1S/C23H25ClF3N3O4S/c24-20-15-19(35(32,33)30-8-1-2-9-30)6-7-21(20)34-16-22(31)29-12-10-28(11-13-29)18-5-3-4-17(14-18)23(25,26)27/h3-7,14-15H,1-2,8-13,16H2. The highest BCUT2D eigenvalue weighted by Gasteiger charge is 2.31. The number of carbonyl (C=O) groups is 1. The lowest BCUT2D eigenvalue weighted by atomic mass is 10.1. The van der Waals surface area contributed by atoms with Crippen LogP contribution in [0, 0.1) is 0 Å². The second kappa shape index (κ2) is 10.2. The maximum absolute atomic E-state index is 13.0. The number of amides is 1. The van der Waals surface area contributed by atoms with E-state index in [0.29, 0.717) is 45.0 Å². The van der Waals surface area contributed by atoms with Gasteiger partial charge in [-0.2, -0.15) is 17.5 Å². The Morgan fingerprint density at radius 3 is 2.29 bits per heavy atom. The van der Waals surface area contributed by atoms with Gasteiger partial charge in [0.2, 0.25) is 10.0 Å². The van der Waals surface area contributed by atoms with E-state index in [4.69, 9.17) is 16.3 Å². The number of carbonyl (C=O) groups excluding carboxylic acids is 1. The van der Waals surface area contributed by atoms with E-state index in [2.05, 4.69) is 0 Å². The summed E-state index contributed by atoms with van der Waals surface area (Å²) < 4.78 is 71.2. The van der Waals surface area contributed by atoms with E-state index in [0.717, 1.165) is 25.0 Å². The van der Waals surface area contributed by atoms with E-state index in [-0.39, 0.29) is 28.2 Å². The minimum atomic E-state index is -4.41. The van der Waals surface area contributed by atoms with Crippen LogP contribution in [0.15, 0.2) is 47.4 Å². The van der Waals surface area contributed by atoms with Gasteiger partial charge in [0.1, 0.15) is 5.75 Å². The Morgan fingerprint density at radius 2 is 1.66 bits per heavy atom. The topological polar surface area (TPSA) is 70.2 Å². The van der Waals surface area contributed by atoms with Crippen molar-refractivity contribution in [3.8, 4) is 5.75 Å². The molecule has 0 aliphatic carbocycles. The van der Waals surface area contributed by atoms with Crippen LogP contribution in [-0.4, -0.2) is 69.4 Å². The van der Waals surface area contributed by atoms with Crippen molar-refractivity contribution in [3.05, 3.63) is 53.1 Å². The Hall–Kier alpha value is -2.50. The average molecular weight is 532 g/mol. The van der Waals surface area contributed by atoms with Crippen molar-refractivity contribution in [1.82, 2.24) is 9.21 Å². The molecule has 2 aliphatic rings. The van der Waals surface area contributed by atoms with Gasteiger partial charge in [-0.3, -0.25) is 4.79 Å². The first-order valence-corrected chi connectivity index (χ1v) is 13.0. The molecule has 2 saturated heterocycles. The molecule has 0 spiro atoms. The quantitative estimate of drug-likeness (QED) is 0.566. The largest absolute Gasteiger partial charge is 0.482 e. The highest BCUT2D eigenvalue weighted by Crippen LogP contribution is 2.32. The van der Waals surface area contributed by atoms with Crippen LogP contribution >= 0.6 is 11.6 Å². The molecule has 12 heteroatoms. The molecule has 0 saturated carbocycles. The van der Waals surface area contributed by atoms with Gasteiger partial charge in [0.25, 0.3) is 5.91 Å². The van der Waals surface area contributed by atoms with Crippen LogP contribution in [0.3, 0.4) is 0 Å². The Morgan fingerprint density at radius 1 is 0.971 bits per heavy atom. The molecule has 0 N–H and O–H groups in total. The van der Waals surface area contributed by atoms with Gasteiger partial charge in [0.15, 0.2) is 6.61 Å². The average Bonchev–Trinajstić information content (AvgIpc) is 3.39. The summed E-state index contributed by atoms with van der Waals surface area (Å²) in [7, 11) is -3.61. The number of nitrogens with zero attached hydrogens (tertiary/aromatic N) is 3. The summed E-state index contributed by atoms with van der Waals surface area (Å²) in [5.74, 6) is -0.0958. The molecule has 2 aromatic carbocycles. The van der Waals surface area contributed by atoms with Crippen LogP contribution < -0.4 is 9.64 Å². The Balaban J connectivity index is 1.31. The van der Waals surface area contributed by atoms with Gasteiger partial charge in [0, 0.05) is 45.0 Å². The van der Waals surface area contributed by atoms with E-state index in [1.165, 1.54) is 28.6 Å². The molecule has 0 radical (unpaired) electrons. The molecule has 2 heterocycles. The Bertz CT molecular complexity index is 1180. The van der Waals surface area contributed by atoms with E-state index in [1.54, 1.807) is 15.9 Å². The molecule has 4 rings (SSSR count). The number of hydrogen-bond acceptors (Lipinski definition) is 5. The van der Waals surface area contributed by atoms with Crippen molar-refractivity contribution < 1.29 is 31.1 Å². The van der Waals surface area contributed by atoms with Crippen molar-refractivity contribution in [3.63, 3.8) is 0 Å². The van der Waals surface area contributed by atoms with E-state index >= 15 is 0 Å². The minimum absolute atomic E-state index is 0.0776. The third-order valence-electron chi connectivity index (χ3n) is 6.13. The van der Waals surface area contributed by atoms with Gasteiger partial charge in [0.05, 0.1) is 15.5 Å². The van der Waals surface area contributed by atoms with Crippen LogP contribution in [0.1, 0.15) is 18.4 Å². The fourth-order valence-electron chi connectivity index (χ4n) is 4.16. The summed E-state index contributed by atoms with van der Waals surface area (Å²) in [6.07, 6.45) is -2.77. The number of sulfonamides is 1. The molecule has 0 unspecified atom stereocenters. The zero-order valence-corrected chi connectivity index (χ0v) is 20.4. The van der Waals surface area contributed by atoms with Crippen LogP contribution in [0.25, 0.3) is 0 Å². The number of hydrogen-bond donors (Lipinski definition) is 0. The first-order chi connectivity index (χ1) is 16.6. The predicted molar refractivity (Wildman–Crippen MR) is 125 cm³/mol. The van der Waals surface area contributed by atoms with E-state index < -0.39 is 21.8 Å². The fraction of sp³-hybridized carbons (Fsp3) is 0.435. The van der Waals surface area contributed by atoms with Gasteiger partial charge in [-0.25, -0.2) is 8.42 Å². The third-order valence-corrected chi connectivity index (χ3v) is 8.32. The Kier molecular flexibility index (Phi) is 7.48. The monoisotopic (exact) mass is 531 g/mol. The molecular weight excluding hydrogens is 507 g/mol. The second-order valence-electron chi connectivity index (χ2n) is 8.41. The molecule has 7 nitrogen and oxygen atoms in total. The third kappa shape index (κ3) is 5.84. The normalized spacial score (nSPS) is 17.6. The molecule has 0 atom stereocenters. The summed E-state index contributed by atoms with van der Waals surface area (Å²) in [6, 6.07) is 9.29. The minimum Gasteiger partial charge on any atom is -0.482 e. The highest BCUT2D eigenvalue weighted by molar-refractivity contribution is 7.89. The lowest BCUT2D eigenvalue weighted by molar-refractivity contribution is -0.137. The van der Waals surface area contributed by atoms with E-state index in [1.807, 2.05) is 0 Å². The summed E-state index contributed by atoms with van der Waals surface area (Å²) in [4.78, 5) is 16.1. The fourth-order valence-corrected chi connectivity index (χ4v) is 6.00. The number of benzene rings is 2. The summed E-state index contributed by atoms with van der Waals surface area (Å²) in [5.41, 5.74) is -0.253. The number of rotatable bonds is 6. The molecule has 1 amide bonds. The van der Waals surface area contributed by atoms with E-state index in [9.17, 15) is 26.4 Å². The highest BCUT2D eigenvalue weighted by atomic mass is 35.5. The number of alkyl halides is 3. The lowest BCUT2D eigenvalue weighted by Gasteiger charge is -2.36. The molecule has 2 aliphatic heterocycles. The second-order valence-corrected chi connectivity index (χ2v) is 10.8. The van der Waals surface area contributed by atoms with Crippen molar-refractivity contribution in [2.24, 2.45) is 0 Å². The first kappa shape index (κ1) is 25.6. The van der Waals surface area contributed by atoms with Crippen LogP contribution in [0.5, 0.6) is 5.75 Å². The number of anilines is 1. The smallest absolute Gasteiger partial charge is 0.416 e. The molecule has 0 bridgehead atoms. The summed E-state index contributed by atoms with van der Waals surface area (Å²) >= 11 is 6.22. The van der Waals surface area contributed by atoms with Crippen LogP contribution in [0.2, 0.25) is 5.02 Å². The van der Waals surface area contributed by atoms with Gasteiger partial charge in [-0.15, -0.1) is 0 Å². The van der Waals surface area contributed by atoms with Crippen molar-refractivity contribution >= 4 is 33.2 Å². The SMILES string of the molecule is O=C(COc1ccc(S(=O)(=O)N2CCCC2)cc1Cl)N1CCN(c2cccc(C(F)(F)F)c2)CC1. The summed E-state index contributed by atoms with van der Waals surface area (Å²) in [6.45, 7) is 2.11. The van der Waals surface area contributed by atoms with Crippen molar-refractivity contribution in [2.75, 3.05) is 50.8 Å². The molecule has 190 valence electrons. The van der Waals surface area contributed by atoms with Crippen molar-refractivity contribution in [1.29, 1.82) is 0 Å². The van der Waals surface area contributed by atoms with Crippen LogP contribution in [-0.2, 0) is 21.0 Å². The maximum atomic E-state index is 13.0. The van der Waals surface area contributed by atoms with Gasteiger partial charge < -0.3 is 14.5 Å². The summed E-state index contributed by atoms with van der Waals surface area (Å²) in [5, 5.41) is 0.0902. The zero-order valence-electron chi connectivity index (χ0n) is 18.8. The molecule has 0 aromatic heterocycles. The predicted octanol–water partition coefficient (Wildman–Crippen LogP) is 3.87. The first-order valence-electron chi connectivity index (χ1n) is 11.2. The lowest BCUT2D eigenvalue weighted by Crippen LogP contribution is -2.50.